The number of rotatable bonds is 7. The molecular weight excluding hydrogens is 352 g/mol. The molecule has 4 rings (SSSR count). The first kappa shape index (κ1) is 16.9. The Balaban J connectivity index is 1.40. The first-order valence-corrected chi connectivity index (χ1v) is 9.40. The van der Waals surface area contributed by atoms with Crippen LogP contribution in [0.25, 0.3) is 11.3 Å². The minimum atomic E-state index is 0.580. The number of ether oxygens (including phenoxy) is 2. The number of nitrogens with one attached hydrogen (secondary N) is 2. The highest BCUT2D eigenvalue weighted by Gasteiger charge is 2.16. The van der Waals surface area contributed by atoms with Gasteiger partial charge in [-0.25, -0.2) is 0 Å². The van der Waals surface area contributed by atoms with Crippen molar-refractivity contribution in [2.45, 2.75) is 11.6 Å². The summed E-state index contributed by atoms with van der Waals surface area (Å²) < 4.78 is 13.1. The largest absolute Gasteiger partial charge is 0.486 e. The Kier molecular flexibility index (Phi) is 5.07. The standard InChI is InChI=1S/C17H20N6O2S/c1-23-11-13(9-18-4-7-26-16-10-19-22-20-16)17(21-23)12-2-3-14-15(8-12)25-6-5-24-14/h2-3,8,10-11,18H,4-7,9H2,1H3,(H,19,20,22). The Morgan fingerprint density at radius 3 is 3.00 bits per heavy atom. The average molecular weight is 372 g/mol. The van der Waals surface area contributed by atoms with Gasteiger partial charge in [0.1, 0.15) is 18.2 Å². The molecule has 0 radical (unpaired) electrons. The smallest absolute Gasteiger partial charge is 0.162 e. The maximum absolute atomic E-state index is 5.69. The molecule has 136 valence electrons. The Hall–Kier alpha value is -2.52. The van der Waals surface area contributed by atoms with Crippen LogP contribution in [0.3, 0.4) is 0 Å². The van der Waals surface area contributed by atoms with E-state index in [1.807, 2.05) is 36.1 Å². The Morgan fingerprint density at radius 1 is 1.27 bits per heavy atom. The Labute approximate surface area is 155 Å². The zero-order chi connectivity index (χ0) is 17.8. The lowest BCUT2D eigenvalue weighted by atomic mass is 10.1. The zero-order valence-electron chi connectivity index (χ0n) is 14.4. The molecule has 9 heteroatoms. The summed E-state index contributed by atoms with van der Waals surface area (Å²) in [7, 11) is 1.94. The molecule has 0 saturated heterocycles. The van der Waals surface area contributed by atoms with Gasteiger partial charge in [0.15, 0.2) is 11.5 Å². The third kappa shape index (κ3) is 3.83. The van der Waals surface area contributed by atoms with Crippen LogP contribution in [0.1, 0.15) is 5.56 Å². The lowest BCUT2D eigenvalue weighted by Gasteiger charge is -2.18. The number of hydrogen-bond donors (Lipinski definition) is 2. The van der Waals surface area contributed by atoms with E-state index in [1.165, 1.54) is 0 Å². The van der Waals surface area contributed by atoms with E-state index in [9.17, 15) is 0 Å². The molecule has 0 unspecified atom stereocenters. The second kappa shape index (κ2) is 7.79. The van der Waals surface area contributed by atoms with E-state index in [4.69, 9.17) is 9.47 Å². The number of aromatic amines is 1. The normalized spacial score (nSPS) is 13.1. The number of fused-ring (bicyclic) bond motifs is 1. The molecule has 0 bridgehead atoms. The van der Waals surface area contributed by atoms with Crippen LogP contribution >= 0.6 is 11.8 Å². The molecule has 0 atom stereocenters. The molecule has 1 aliphatic rings. The van der Waals surface area contributed by atoms with Gasteiger partial charge in [-0.05, 0) is 18.2 Å². The van der Waals surface area contributed by atoms with E-state index in [0.717, 1.165) is 52.2 Å². The number of benzene rings is 1. The summed E-state index contributed by atoms with van der Waals surface area (Å²) in [6, 6.07) is 5.98. The molecule has 26 heavy (non-hydrogen) atoms. The molecular formula is C17H20N6O2S. The fourth-order valence-electron chi connectivity index (χ4n) is 2.81. The molecule has 1 aliphatic heterocycles. The van der Waals surface area contributed by atoms with Crippen LogP contribution in [0, 0.1) is 0 Å². The van der Waals surface area contributed by atoms with Crippen LogP contribution in [0.4, 0.5) is 0 Å². The van der Waals surface area contributed by atoms with E-state index in [-0.39, 0.29) is 0 Å². The first-order chi connectivity index (χ1) is 12.8. The minimum absolute atomic E-state index is 0.580. The van der Waals surface area contributed by atoms with Crippen molar-refractivity contribution in [2.24, 2.45) is 7.05 Å². The van der Waals surface area contributed by atoms with E-state index in [2.05, 4.69) is 25.8 Å². The van der Waals surface area contributed by atoms with Crippen LogP contribution < -0.4 is 14.8 Å². The summed E-state index contributed by atoms with van der Waals surface area (Å²) in [6.45, 7) is 2.79. The molecule has 0 aliphatic carbocycles. The van der Waals surface area contributed by atoms with Crippen LogP contribution in [0.15, 0.2) is 35.6 Å². The Bertz CT molecular complexity index is 864. The molecule has 0 saturated carbocycles. The van der Waals surface area contributed by atoms with Crippen molar-refractivity contribution in [3.8, 4) is 22.8 Å². The van der Waals surface area contributed by atoms with Gasteiger partial charge in [0.2, 0.25) is 0 Å². The van der Waals surface area contributed by atoms with Gasteiger partial charge in [-0.3, -0.25) is 4.68 Å². The summed E-state index contributed by atoms with van der Waals surface area (Å²) >= 11 is 1.66. The molecule has 2 N–H and O–H groups in total. The second-order valence-corrected chi connectivity index (χ2v) is 6.98. The SMILES string of the molecule is Cn1cc(CNCCSc2cn[nH]n2)c(-c2ccc3c(c2)OCCO3)n1. The summed E-state index contributed by atoms with van der Waals surface area (Å²) in [4.78, 5) is 0. The van der Waals surface area contributed by atoms with Crippen molar-refractivity contribution in [3.63, 3.8) is 0 Å². The van der Waals surface area contributed by atoms with Crippen molar-refractivity contribution < 1.29 is 9.47 Å². The van der Waals surface area contributed by atoms with E-state index >= 15 is 0 Å². The van der Waals surface area contributed by atoms with Crippen molar-refractivity contribution >= 4 is 11.8 Å². The lowest BCUT2D eigenvalue weighted by Crippen LogP contribution is -2.17. The van der Waals surface area contributed by atoms with Crippen molar-refractivity contribution in [3.05, 3.63) is 36.2 Å². The topological polar surface area (TPSA) is 89.9 Å². The minimum Gasteiger partial charge on any atom is -0.486 e. The second-order valence-electron chi connectivity index (χ2n) is 5.87. The number of thioether (sulfide) groups is 1. The summed E-state index contributed by atoms with van der Waals surface area (Å²) in [5, 5.41) is 19.4. The van der Waals surface area contributed by atoms with Crippen LogP contribution in [-0.4, -0.2) is 50.7 Å². The number of aromatic nitrogens is 5. The average Bonchev–Trinajstić information content (AvgIpc) is 3.30. The highest BCUT2D eigenvalue weighted by molar-refractivity contribution is 7.99. The van der Waals surface area contributed by atoms with E-state index in [1.54, 1.807) is 18.0 Å². The third-order valence-corrected chi connectivity index (χ3v) is 4.86. The number of aryl methyl sites for hydroxylation is 1. The molecule has 1 aromatic carbocycles. The number of H-pyrrole nitrogens is 1. The van der Waals surface area contributed by atoms with Gasteiger partial charge in [0.05, 0.1) is 11.9 Å². The maximum atomic E-state index is 5.69. The quantitative estimate of drug-likeness (QED) is 0.483. The van der Waals surface area contributed by atoms with Gasteiger partial charge in [-0.2, -0.15) is 15.4 Å². The molecule has 8 nitrogen and oxygen atoms in total. The summed E-state index contributed by atoms with van der Waals surface area (Å²) in [6.07, 6.45) is 3.77. The van der Waals surface area contributed by atoms with Crippen molar-refractivity contribution in [2.75, 3.05) is 25.5 Å². The first-order valence-electron chi connectivity index (χ1n) is 8.41. The molecule has 0 spiro atoms. The van der Waals surface area contributed by atoms with Crippen LogP contribution in [-0.2, 0) is 13.6 Å². The maximum Gasteiger partial charge on any atom is 0.162 e. The lowest BCUT2D eigenvalue weighted by molar-refractivity contribution is 0.171. The van der Waals surface area contributed by atoms with Gasteiger partial charge < -0.3 is 14.8 Å². The summed E-state index contributed by atoms with van der Waals surface area (Å²) in [5.74, 6) is 2.49. The zero-order valence-corrected chi connectivity index (χ0v) is 15.3. The number of nitrogens with zero attached hydrogens (tertiary/aromatic N) is 4. The highest BCUT2D eigenvalue weighted by Crippen LogP contribution is 2.35. The van der Waals surface area contributed by atoms with Gasteiger partial charge >= 0.3 is 0 Å². The highest BCUT2D eigenvalue weighted by atomic mass is 32.2. The van der Waals surface area contributed by atoms with Crippen molar-refractivity contribution in [1.82, 2.24) is 30.5 Å². The van der Waals surface area contributed by atoms with E-state index in [0.29, 0.717) is 13.2 Å². The van der Waals surface area contributed by atoms with Crippen LogP contribution in [0.2, 0.25) is 0 Å². The predicted molar refractivity (Wildman–Crippen MR) is 98.4 cm³/mol. The predicted octanol–water partition coefficient (Wildman–Crippen LogP) is 1.86. The fraction of sp³-hybridized carbons (Fsp3) is 0.353. The monoisotopic (exact) mass is 372 g/mol. The number of hydrogen-bond acceptors (Lipinski definition) is 7. The molecule has 0 amide bonds. The fourth-order valence-corrected chi connectivity index (χ4v) is 3.50. The van der Waals surface area contributed by atoms with Crippen LogP contribution in [0.5, 0.6) is 11.5 Å². The van der Waals surface area contributed by atoms with Crippen molar-refractivity contribution in [1.29, 1.82) is 0 Å². The van der Waals surface area contributed by atoms with Gasteiger partial charge in [-0.15, -0.1) is 16.9 Å². The van der Waals surface area contributed by atoms with Gasteiger partial charge in [-0.1, -0.05) is 0 Å². The van der Waals surface area contributed by atoms with E-state index < -0.39 is 0 Å². The molecule has 2 aromatic heterocycles. The third-order valence-electron chi connectivity index (χ3n) is 3.96. The van der Waals surface area contributed by atoms with Gasteiger partial charge in [0.25, 0.3) is 0 Å². The molecule has 3 aromatic rings. The summed E-state index contributed by atoms with van der Waals surface area (Å²) in [5.41, 5.74) is 3.14. The molecule has 0 fully saturated rings. The van der Waals surface area contributed by atoms with Gasteiger partial charge in [0, 0.05) is 43.2 Å². The Morgan fingerprint density at radius 2 is 2.15 bits per heavy atom. The molecule has 3 heterocycles.